The van der Waals surface area contributed by atoms with E-state index in [-0.39, 0.29) is 18.3 Å². The monoisotopic (exact) mass is 276 g/mol. The van der Waals surface area contributed by atoms with Crippen LogP contribution >= 0.6 is 0 Å². The van der Waals surface area contributed by atoms with Crippen molar-refractivity contribution < 1.29 is 18.8 Å². The predicted molar refractivity (Wildman–Crippen MR) is 70.7 cm³/mol. The molecule has 0 spiro atoms. The number of ether oxygens (including phenoxy) is 1. The van der Waals surface area contributed by atoms with Gasteiger partial charge in [-0.3, -0.25) is 4.79 Å². The maximum absolute atomic E-state index is 12.0. The first-order valence-electron chi connectivity index (χ1n) is 6.30. The minimum atomic E-state index is -0.590. The fourth-order valence-electron chi connectivity index (χ4n) is 1.81. The lowest BCUT2D eigenvalue weighted by atomic mass is 10.1. The van der Waals surface area contributed by atoms with Crippen LogP contribution in [0.3, 0.4) is 0 Å². The number of ketones is 1. The Balaban J connectivity index is 2.06. The molecule has 0 saturated carbocycles. The van der Waals surface area contributed by atoms with Gasteiger partial charge in [0.25, 0.3) is 0 Å². The van der Waals surface area contributed by atoms with Crippen LogP contribution in [0.1, 0.15) is 52.1 Å². The van der Waals surface area contributed by atoms with Gasteiger partial charge in [-0.25, -0.2) is 4.79 Å². The Morgan fingerprint density at radius 2 is 2.20 bits per heavy atom. The number of Topliss-reactive ketones (excluding diaryl/α,β-unsaturated/α-hetero) is 1. The fourth-order valence-corrected chi connectivity index (χ4v) is 1.81. The molecule has 2 heterocycles. The summed E-state index contributed by atoms with van der Waals surface area (Å²) in [6, 6.07) is 3.33. The molecule has 0 aliphatic carbocycles. The summed E-state index contributed by atoms with van der Waals surface area (Å²) >= 11 is 0. The van der Waals surface area contributed by atoms with E-state index in [4.69, 9.17) is 9.26 Å². The third-order valence-corrected chi connectivity index (χ3v) is 2.85. The van der Waals surface area contributed by atoms with Gasteiger partial charge in [-0.15, -0.1) is 0 Å². The molecule has 0 amide bonds. The number of H-pyrrole nitrogens is 1. The van der Waals surface area contributed by atoms with Gasteiger partial charge in [-0.1, -0.05) is 19.0 Å². The summed E-state index contributed by atoms with van der Waals surface area (Å²) < 4.78 is 10.2. The van der Waals surface area contributed by atoms with Gasteiger partial charge >= 0.3 is 5.97 Å². The molecule has 20 heavy (non-hydrogen) atoms. The highest BCUT2D eigenvalue weighted by molar-refractivity contribution is 5.98. The number of nitrogens with zero attached hydrogens (tertiary/aromatic N) is 1. The number of hydrogen-bond donors (Lipinski definition) is 1. The Kier molecular flexibility index (Phi) is 4.02. The van der Waals surface area contributed by atoms with Crippen molar-refractivity contribution in [3.63, 3.8) is 0 Å². The Labute approximate surface area is 116 Å². The van der Waals surface area contributed by atoms with Crippen LogP contribution in [0.5, 0.6) is 0 Å². The molecule has 0 aliphatic rings. The summed E-state index contributed by atoms with van der Waals surface area (Å²) in [6.07, 6.45) is 1.63. The molecular formula is C14H16N2O4. The van der Waals surface area contributed by atoms with E-state index >= 15 is 0 Å². The van der Waals surface area contributed by atoms with E-state index in [0.29, 0.717) is 22.7 Å². The van der Waals surface area contributed by atoms with Crippen LogP contribution in [-0.4, -0.2) is 28.5 Å². The number of rotatable bonds is 5. The van der Waals surface area contributed by atoms with Gasteiger partial charge in [0.05, 0.1) is 11.4 Å². The molecular weight excluding hydrogens is 260 g/mol. The second kappa shape index (κ2) is 5.73. The van der Waals surface area contributed by atoms with E-state index in [1.54, 1.807) is 25.3 Å². The Morgan fingerprint density at radius 3 is 2.80 bits per heavy atom. The quantitative estimate of drug-likeness (QED) is 0.669. The van der Waals surface area contributed by atoms with Crippen molar-refractivity contribution in [2.45, 2.75) is 26.7 Å². The van der Waals surface area contributed by atoms with Crippen LogP contribution in [0.2, 0.25) is 0 Å². The van der Waals surface area contributed by atoms with Crippen molar-refractivity contribution >= 4 is 11.8 Å². The Bertz CT molecular complexity index is 611. The topological polar surface area (TPSA) is 85.2 Å². The number of aromatic nitrogens is 2. The van der Waals surface area contributed by atoms with E-state index in [1.807, 2.05) is 13.8 Å². The van der Waals surface area contributed by atoms with E-state index in [0.717, 1.165) is 0 Å². The smallest absolute Gasteiger partial charge is 0.344 e. The summed E-state index contributed by atoms with van der Waals surface area (Å²) in [6.45, 7) is 5.13. The average Bonchev–Trinajstić information content (AvgIpc) is 3.04. The number of aromatic amines is 1. The zero-order valence-corrected chi connectivity index (χ0v) is 11.6. The molecule has 1 N–H and O–H groups in total. The molecule has 2 aromatic rings. The molecule has 2 aromatic heterocycles. The summed E-state index contributed by atoms with van der Waals surface area (Å²) in [5.41, 5.74) is 1.18. The number of carbonyl (C=O) groups is 2. The molecule has 0 fully saturated rings. The maximum Gasteiger partial charge on any atom is 0.344 e. The normalized spacial score (nSPS) is 10.8. The van der Waals surface area contributed by atoms with E-state index in [9.17, 15) is 9.59 Å². The minimum absolute atomic E-state index is 0.0119. The van der Waals surface area contributed by atoms with Gasteiger partial charge in [-0.05, 0) is 19.1 Å². The third kappa shape index (κ3) is 2.79. The summed E-state index contributed by atoms with van der Waals surface area (Å²) in [4.78, 5) is 26.5. The number of esters is 1. The molecule has 0 bridgehead atoms. The van der Waals surface area contributed by atoms with E-state index in [1.165, 1.54) is 0 Å². The van der Waals surface area contributed by atoms with Crippen molar-refractivity contribution in [3.8, 4) is 0 Å². The second-order valence-corrected chi connectivity index (χ2v) is 4.75. The van der Waals surface area contributed by atoms with Crippen LogP contribution in [-0.2, 0) is 4.74 Å². The largest absolute Gasteiger partial charge is 0.453 e. The van der Waals surface area contributed by atoms with Crippen LogP contribution < -0.4 is 0 Å². The number of nitrogens with one attached hydrogen (secondary N) is 1. The highest BCUT2D eigenvalue weighted by atomic mass is 16.5. The summed E-state index contributed by atoms with van der Waals surface area (Å²) in [5, 5.41) is 3.77. The molecule has 0 atom stereocenters. The first kappa shape index (κ1) is 14.0. The van der Waals surface area contributed by atoms with Gasteiger partial charge < -0.3 is 14.2 Å². The molecule has 0 radical (unpaired) electrons. The van der Waals surface area contributed by atoms with Crippen molar-refractivity contribution in [2.24, 2.45) is 0 Å². The van der Waals surface area contributed by atoms with Crippen molar-refractivity contribution in [3.05, 3.63) is 41.0 Å². The van der Waals surface area contributed by atoms with Crippen LogP contribution in [0.4, 0.5) is 0 Å². The van der Waals surface area contributed by atoms with Gasteiger partial charge in [0.2, 0.25) is 5.78 Å². The zero-order chi connectivity index (χ0) is 14.7. The van der Waals surface area contributed by atoms with E-state index < -0.39 is 5.97 Å². The van der Waals surface area contributed by atoms with Crippen LogP contribution in [0.25, 0.3) is 0 Å². The minimum Gasteiger partial charge on any atom is -0.453 e. The van der Waals surface area contributed by atoms with Crippen LogP contribution in [0.15, 0.2) is 22.9 Å². The standard InChI is InChI=1S/C14H16N2O4/c1-8(2)13-12(9(3)16-20-13)14(18)19-7-11(17)10-5-4-6-15-10/h4-6,8,15H,7H2,1-3H3. The second-order valence-electron chi connectivity index (χ2n) is 4.75. The number of carbonyl (C=O) groups excluding carboxylic acids is 2. The fraction of sp³-hybridized carbons (Fsp3) is 0.357. The molecule has 106 valence electrons. The lowest BCUT2D eigenvalue weighted by Crippen LogP contribution is -2.16. The lowest BCUT2D eigenvalue weighted by molar-refractivity contribution is 0.0470. The van der Waals surface area contributed by atoms with Gasteiger partial charge in [0.15, 0.2) is 12.4 Å². The number of hydrogen-bond acceptors (Lipinski definition) is 5. The van der Waals surface area contributed by atoms with E-state index in [2.05, 4.69) is 10.1 Å². The Hall–Kier alpha value is -2.37. The number of aryl methyl sites for hydroxylation is 1. The summed E-state index contributed by atoms with van der Waals surface area (Å²) in [5.74, 6) is -0.395. The zero-order valence-electron chi connectivity index (χ0n) is 11.6. The Morgan fingerprint density at radius 1 is 1.45 bits per heavy atom. The molecule has 6 heteroatoms. The summed E-state index contributed by atoms with van der Waals surface area (Å²) in [7, 11) is 0. The van der Waals surface area contributed by atoms with Crippen molar-refractivity contribution in [1.29, 1.82) is 0 Å². The highest BCUT2D eigenvalue weighted by Gasteiger charge is 2.24. The molecule has 0 unspecified atom stereocenters. The molecule has 6 nitrogen and oxygen atoms in total. The van der Waals surface area contributed by atoms with Gasteiger partial charge in [-0.2, -0.15) is 0 Å². The molecule has 2 rings (SSSR count). The van der Waals surface area contributed by atoms with Gasteiger partial charge in [0.1, 0.15) is 5.56 Å². The third-order valence-electron chi connectivity index (χ3n) is 2.85. The average molecular weight is 276 g/mol. The van der Waals surface area contributed by atoms with Crippen molar-refractivity contribution in [2.75, 3.05) is 6.61 Å². The predicted octanol–water partition coefficient (Wildman–Crippen LogP) is 2.47. The maximum atomic E-state index is 12.0. The van der Waals surface area contributed by atoms with Crippen molar-refractivity contribution in [1.82, 2.24) is 10.1 Å². The molecule has 0 aromatic carbocycles. The lowest BCUT2D eigenvalue weighted by Gasteiger charge is -2.05. The van der Waals surface area contributed by atoms with Crippen LogP contribution in [0, 0.1) is 6.92 Å². The first-order chi connectivity index (χ1) is 9.50. The highest BCUT2D eigenvalue weighted by Crippen LogP contribution is 2.22. The first-order valence-corrected chi connectivity index (χ1v) is 6.30. The molecule has 0 saturated heterocycles. The van der Waals surface area contributed by atoms with Gasteiger partial charge in [0, 0.05) is 12.1 Å². The SMILES string of the molecule is Cc1noc(C(C)C)c1C(=O)OCC(=O)c1ccc[nH]1. The molecule has 0 aliphatic heterocycles.